The van der Waals surface area contributed by atoms with Gasteiger partial charge in [0.05, 0.1) is 0 Å². The van der Waals surface area contributed by atoms with E-state index in [-0.39, 0.29) is 35.6 Å². The first-order chi connectivity index (χ1) is 17.7. The van der Waals surface area contributed by atoms with E-state index < -0.39 is 0 Å². The van der Waals surface area contributed by atoms with Crippen molar-refractivity contribution in [2.75, 3.05) is 0 Å². The molecule has 218 valence electrons. The van der Waals surface area contributed by atoms with Crippen LogP contribution in [0.15, 0.2) is 47.6 Å². The number of halogens is 2. The van der Waals surface area contributed by atoms with Crippen LogP contribution in [0, 0.1) is 24.0 Å². The van der Waals surface area contributed by atoms with E-state index in [0.717, 1.165) is 6.42 Å². The van der Waals surface area contributed by atoms with Crippen molar-refractivity contribution in [3.05, 3.63) is 82.0 Å². The molecular weight excluding hydrogens is 607 g/mol. The second-order valence-electron chi connectivity index (χ2n) is 13.8. The number of fused-ring (bicyclic) bond motifs is 3. The van der Waals surface area contributed by atoms with Gasteiger partial charge in [0.1, 0.15) is 0 Å². The first-order valence-electron chi connectivity index (χ1n) is 14.7. The van der Waals surface area contributed by atoms with Crippen molar-refractivity contribution in [1.82, 2.24) is 0 Å². The van der Waals surface area contributed by atoms with E-state index in [2.05, 4.69) is 118 Å². The zero-order valence-corrected chi connectivity index (χ0v) is 30.6. The first-order valence-corrected chi connectivity index (χ1v) is 16.0. The summed E-state index contributed by atoms with van der Waals surface area (Å²) < 4.78 is 1.80. The van der Waals surface area contributed by atoms with Gasteiger partial charge in [0, 0.05) is 0 Å². The van der Waals surface area contributed by atoms with Crippen molar-refractivity contribution in [1.29, 1.82) is 0 Å². The molecule has 40 heavy (non-hydrogen) atoms. The first kappa shape index (κ1) is 37.3. The Kier molecular flexibility index (Phi) is 14.6. The summed E-state index contributed by atoms with van der Waals surface area (Å²) in [6.07, 6.45) is 14.0. The predicted molar refractivity (Wildman–Crippen MR) is 164 cm³/mol. The zero-order chi connectivity index (χ0) is 28.3. The Morgan fingerprint density at radius 1 is 0.850 bits per heavy atom. The van der Waals surface area contributed by atoms with Crippen molar-refractivity contribution >= 4 is 3.21 Å². The van der Waals surface area contributed by atoms with E-state index in [1.807, 2.05) is 0 Å². The molecule has 0 bridgehead atoms. The molecule has 0 N–H and O–H groups in total. The number of hydrogen-bond acceptors (Lipinski definition) is 0. The van der Waals surface area contributed by atoms with Crippen LogP contribution in [0.4, 0.5) is 0 Å². The molecule has 0 amide bonds. The molecule has 0 nitrogen and oxygen atoms in total. The Balaban J connectivity index is 0.000000351. The quantitative estimate of drug-likeness (QED) is 0.343. The summed E-state index contributed by atoms with van der Waals surface area (Å²) in [5.74, 6) is 1.20. The third-order valence-corrected chi connectivity index (χ3v) is 9.08. The number of benzene rings is 2. The van der Waals surface area contributed by atoms with Gasteiger partial charge >= 0.3 is 59.5 Å². The van der Waals surface area contributed by atoms with Crippen LogP contribution >= 0.6 is 0 Å². The molecule has 1 atom stereocenters. The average molecular weight is 657 g/mol. The van der Waals surface area contributed by atoms with E-state index in [0.29, 0.717) is 11.8 Å². The van der Waals surface area contributed by atoms with E-state index in [1.54, 1.807) is 27.4 Å². The summed E-state index contributed by atoms with van der Waals surface area (Å²) in [7, 11) is 0. The van der Waals surface area contributed by atoms with Gasteiger partial charge in [0.15, 0.2) is 0 Å². The molecule has 1 saturated carbocycles. The molecule has 0 aliphatic heterocycles. The zero-order valence-electron chi connectivity index (χ0n) is 26.6. The molecule has 3 heteroatoms. The van der Waals surface area contributed by atoms with E-state index in [9.17, 15) is 0 Å². The standard InChI is InChI=1S/C21H25.C10H15.C6H10.2ClH.Zr/c1-20(2,3)16-7-9-18-14(12-16)11-15-13-17(21(4,5)6)8-10-19(15)18;1-7(2)10-6-8(3)5-9(10)4;1-2-4-6-5-3-1;;;/h7-10,12H,11H2,1-6H3;6-8H,1-4H3;1-5H2;2*1H;/q2*-1;;;;+2/p-2. The molecule has 0 heterocycles. The summed E-state index contributed by atoms with van der Waals surface area (Å²) in [4.78, 5) is 0. The van der Waals surface area contributed by atoms with Crippen LogP contribution in [0.25, 0.3) is 11.1 Å². The second-order valence-corrected chi connectivity index (χ2v) is 15.5. The summed E-state index contributed by atoms with van der Waals surface area (Å²) in [6.45, 7) is 22.4. The van der Waals surface area contributed by atoms with Crippen LogP contribution in [0.1, 0.15) is 124 Å². The number of hydrogen-bond donors (Lipinski definition) is 0. The van der Waals surface area contributed by atoms with Crippen molar-refractivity contribution in [2.24, 2.45) is 11.8 Å². The average Bonchev–Trinajstić information content (AvgIpc) is 3.37. The van der Waals surface area contributed by atoms with Crippen LogP contribution in [0.2, 0.25) is 0 Å². The van der Waals surface area contributed by atoms with Gasteiger partial charge < -0.3 is 24.8 Å². The van der Waals surface area contributed by atoms with Crippen molar-refractivity contribution in [3.8, 4) is 11.1 Å². The fourth-order valence-electron chi connectivity index (χ4n) is 5.49. The molecule has 0 spiro atoms. The third kappa shape index (κ3) is 10.2. The van der Waals surface area contributed by atoms with Gasteiger partial charge in [-0.25, -0.2) is 5.57 Å². The molecule has 3 aliphatic rings. The monoisotopic (exact) mass is 654 g/mol. The molecule has 3 aliphatic carbocycles. The van der Waals surface area contributed by atoms with Crippen LogP contribution in [0.5, 0.6) is 0 Å². The van der Waals surface area contributed by atoms with Gasteiger partial charge in [-0.1, -0.05) is 105 Å². The van der Waals surface area contributed by atoms with Crippen molar-refractivity contribution in [2.45, 2.75) is 119 Å². The SMILES string of the molecule is CC(C)(C)c1[c-]c2c(cc1)-c1ccc(C(C)(C)C)cc1C2.CC1=[C-]C(C)C=C1C(C)C.[Cl-].[Cl-].[Zr+2]=[C]1CCCCC1. The van der Waals surface area contributed by atoms with Gasteiger partial charge in [0.25, 0.3) is 0 Å². The Bertz CT molecular complexity index is 1130. The molecule has 0 aromatic heterocycles. The summed E-state index contributed by atoms with van der Waals surface area (Å²) in [5.41, 5.74) is 11.5. The summed E-state index contributed by atoms with van der Waals surface area (Å²) >= 11 is 1.69. The minimum atomic E-state index is 0. The summed E-state index contributed by atoms with van der Waals surface area (Å²) in [5, 5.41) is 0. The molecule has 1 fully saturated rings. The van der Waals surface area contributed by atoms with Gasteiger partial charge in [-0.15, -0.1) is 11.1 Å². The molecule has 2 aromatic carbocycles. The molecule has 0 saturated heterocycles. The normalized spacial score (nSPS) is 17.6. The van der Waals surface area contributed by atoms with Crippen LogP contribution in [-0.4, -0.2) is 3.21 Å². The molecule has 1 unspecified atom stereocenters. The van der Waals surface area contributed by atoms with Gasteiger partial charge in [-0.05, 0) is 28.4 Å². The van der Waals surface area contributed by atoms with Crippen molar-refractivity contribution < 1.29 is 49.0 Å². The second kappa shape index (κ2) is 15.6. The topological polar surface area (TPSA) is 0 Å². The minimum absolute atomic E-state index is 0. The number of rotatable bonds is 1. The maximum absolute atomic E-state index is 3.67. The molecule has 2 aromatic rings. The van der Waals surface area contributed by atoms with E-state index in [4.69, 9.17) is 0 Å². The Labute approximate surface area is 274 Å². The predicted octanol–water partition coefficient (Wildman–Crippen LogP) is 4.30. The molecular formula is C37H50Cl2Zr-2. The Hall–Kier alpha value is -0.747. The fraction of sp³-hybridized carbons (Fsp3) is 0.541. The molecule has 5 rings (SSSR count). The van der Waals surface area contributed by atoms with Crippen LogP contribution in [-0.2, 0) is 41.5 Å². The van der Waals surface area contributed by atoms with Crippen LogP contribution in [0.3, 0.4) is 0 Å². The van der Waals surface area contributed by atoms with Crippen molar-refractivity contribution in [3.63, 3.8) is 0 Å². The van der Waals surface area contributed by atoms with Gasteiger partial charge in [-0.3, -0.25) is 6.08 Å². The maximum atomic E-state index is 3.67. The van der Waals surface area contributed by atoms with Gasteiger partial charge in [-0.2, -0.15) is 35.4 Å². The Morgan fingerprint density at radius 3 is 1.88 bits per heavy atom. The Morgan fingerprint density at radius 2 is 1.45 bits per heavy atom. The van der Waals surface area contributed by atoms with Crippen LogP contribution < -0.4 is 24.8 Å². The fourth-order valence-corrected chi connectivity index (χ4v) is 6.36. The van der Waals surface area contributed by atoms with Gasteiger partial charge in [0.2, 0.25) is 0 Å². The third-order valence-electron chi connectivity index (χ3n) is 7.85. The van der Waals surface area contributed by atoms with E-state index in [1.165, 1.54) is 76.6 Å². The van der Waals surface area contributed by atoms with E-state index >= 15 is 0 Å². The number of allylic oxidation sites excluding steroid dienone is 4. The molecule has 0 radical (unpaired) electrons. The summed E-state index contributed by atoms with van der Waals surface area (Å²) in [6, 6.07) is 15.2.